The summed E-state index contributed by atoms with van der Waals surface area (Å²) in [4.78, 5) is 17.1. The first-order valence-electron chi connectivity index (χ1n) is 8.82. The van der Waals surface area contributed by atoms with Gasteiger partial charge in [-0.3, -0.25) is 4.79 Å². The first-order valence-corrected chi connectivity index (χ1v) is 8.82. The number of morpholine rings is 1. The molecule has 0 saturated carbocycles. The Morgan fingerprint density at radius 1 is 1.08 bits per heavy atom. The van der Waals surface area contributed by atoms with Crippen LogP contribution in [0, 0.1) is 0 Å². The number of rotatable bonds is 4. The lowest BCUT2D eigenvalue weighted by Gasteiger charge is -2.39. The molecule has 2 atom stereocenters. The van der Waals surface area contributed by atoms with E-state index in [4.69, 9.17) is 4.74 Å². The highest BCUT2D eigenvalue weighted by atomic mass is 16.5. The molecule has 132 valence electrons. The zero-order valence-electron chi connectivity index (χ0n) is 15.2. The zero-order chi connectivity index (χ0) is 17.8. The van der Waals surface area contributed by atoms with Crippen LogP contribution in [0.4, 0.5) is 5.69 Å². The number of amides is 1. The Hall–Kier alpha value is -2.33. The molecule has 2 aromatic rings. The van der Waals surface area contributed by atoms with Crippen LogP contribution < -0.4 is 4.90 Å². The second-order valence-electron chi connectivity index (χ2n) is 6.84. The molecule has 2 unspecified atom stereocenters. The van der Waals surface area contributed by atoms with Gasteiger partial charge in [0.25, 0.3) is 5.91 Å². The average molecular weight is 338 g/mol. The summed E-state index contributed by atoms with van der Waals surface area (Å²) in [5, 5.41) is 0. The molecule has 1 saturated heterocycles. The number of carbonyl (C=O) groups is 1. The molecule has 0 aromatic heterocycles. The minimum Gasteiger partial charge on any atom is -0.377 e. The van der Waals surface area contributed by atoms with Crippen LogP contribution in [0.3, 0.4) is 0 Å². The molecule has 0 N–H and O–H groups in total. The highest BCUT2D eigenvalue weighted by Gasteiger charge is 2.30. The largest absolute Gasteiger partial charge is 0.377 e. The molecule has 1 fully saturated rings. The topological polar surface area (TPSA) is 32.8 Å². The fourth-order valence-electron chi connectivity index (χ4n) is 3.38. The van der Waals surface area contributed by atoms with Gasteiger partial charge in [0.1, 0.15) is 0 Å². The van der Waals surface area contributed by atoms with Crippen molar-refractivity contribution in [2.45, 2.75) is 32.5 Å². The third-order valence-corrected chi connectivity index (χ3v) is 4.70. The maximum absolute atomic E-state index is 13.0. The Morgan fingerprint density at radius 3 is 2.44 bits per heavy atom. The van der Waals surface area contributed by atoms with E-state index in [0.717, 1.165) is 17.8 Å². The van der Waals surface area contributed by atoms with Gasteiger partial charge in [-0.2, -0.15) is 0 Å². The van der Waals surface area contributed by atoms with Crippen molar-refractivity contribution in [2.75, 3.05) is 25.2 Å². The molecule has 0 aliphatic carbocycles. The van der Waals surface area contributed by atoms with E-state index in [-0.39, 0.29) is 18.0 Å². The molecular formula is C21H26N2O2. The zero-order valence-corrected chi connectivity index (χ0v) is 15.2. The van der Waals surface area contributed by atoms with Gasteiger partial charge in [0.15, 0.2) is 0 Å². The number of anilines is 1. The van der Waals surface area contributed by atoms with E-state index in [2.05, 4.69) is 24.1 Å². The van der Waals surface area contributed by atoms with Crippen LogP contribution in [0.15, 0.2) is 54.6 Å². The second-order valence-corrected chi connectivity index (χ2v) is 6.84. The maximum Gasteiger partial charge on any atom is 0.254 e. The first kappa shape index (κ1) is 17.5. The third-order valence-electron chi connectivity index (χ3n) is 4.70. The summed E-state index contributed by atoms with van der Waals surface area (Å²) in [5.41, 5.74) is 3.03. The first-order chi connectivity index (χ1) is 12.1. The lowest BCUT2D eigenvalue weighted by molar-refractivity contribution is -0.0249. The summed E-state index contributed by atoms with van der Waals surface area (Å²) in [5.74, 6) is 0.0817. The minimum absolute atomic E-state index is 0.0817. The highest BCUT2D eigenvalue weighted by molar-refractivity contribution is 5.95. The van der Waals surface area contributed by atoms with Crippen molar-refractivity contribution >= 4 is 11.6 Å². The molecule has 1 aliphatic rings. The third kappa shape index (κ3) is 4.02. The Labute approximate surface area is 150 Å². The molecule has 2 aromatic carbocycles. The van der Waals surface area contributed by atoms with Crippen molar-refractivity contribution < 1.29 is 9.53 Å². The summed E-state index contributed by atoms with van der Waals surface area (Å²) in [6, 6.07) is 18.4. The molecule has 1 aliphatic heterocycles. The van der Waals surface area contributed by atoms with E-state index in [1.54, 1.807) is 0 Å². The van der Waals surface area contributed by atoms with Gasteiger partial charge in [-0.15, -0.1) is 0 Å². The summed E-state index contributed by atoms with van der Waals surface area (Å²) < 4.78 is 5.54. The molecule has 4 nitrogen and oxygen atoms in total. The molecule has 1 amide bonds. The van der Waals surface area contributed by atoms with E-state index in [1.807, 2.05) is 61.2 Å². The van der Waals surface area contributed by atoms with Crippen LogP contribution in [0.1, 0.15) is 29.8 Å². The smallest absolute Gasteiger partial charge is 0.254 e. The van der Waals surface area contributed by atoms with E-state index in [9.17, 15) is 4.79 Å². The van der Waals surface area contributed by atoms with Gasteiger partial charge in [0.05, 0.1) is 25.3 Å². The fourth-order valence-corrected chi connectivity index (χ4v) is 3.38. The van der Waals surface area contributed by atoms with E-state index < -0.39 is 0 Å². The van der Waals surface area contributed by atoms with Crippen LogP contribution >= 0.6 is 0 Å². The van der Waals surface area contributed by atoms with Gasteiger partial charge >= 0.3 is 0 Å². The monoisotopic (exact) mass is 338 g/mol. The van der Waals surface area contributed by atoms with Gasteiger partial charge < -0.3 is 14.5 Å². The molecule has 0 radical (unpaired) electrons. The lowest BCUT2D eigenvalue weighted by atomic mass is 10.1. The Bertz CT molecular complexity index is 707. The number of nitrogens with zero attached hydrogens (tertiary/aromatic N) is 2. The molecule has 1 heterocycles. The minimum atomic E-state index is 0.0817. The number of benzene rings is 2. The normalized spacial score (nSPS) is 20.4. The predicted octanol–water partition coefficient (Wildman–Crippen LogP) is 3.57. The Morgan fingerprint density at radius 2 is 1.76 bits per heavy atom. The number of hydrogen-bond acceptors (Lipinski definition) is 3. The molecule has 25 heavy (non-hydrogen) atoms. The average Bonchev–Trinajstić information content (AvgIpc) is 2.62. The van der Waals surface area contributed by atoms with Crippen LogP contribution in [-0.4, -0.2) is 43.2 Å². The van der Waals surface area contributed by atoms with Crippen molar-refractivity contribution in [1.29, 1.82) is 0 Å². The summed E-state index contributed by atoms with van der Waals surface area (Å²) in [6.07, 6.45) is 0. The molecule has 4 heteroatoms. The van der Waals surface area contributed by atoms with E-state index in [1.165, 1.54) is 5.56 Å². The maximum atomic E-state index is 13.0. The molecule has 3 rings (SSSR count). The number of carbonyl (C=O) groups excluding carboxylic acids is 1. The number of ether oxygens (including phenoxy) is 1. The van der Waals surface area contributed by atoms with E-state index >= 15 is 0 Å². The predicted molar refractivity (Wildman–Crippen MR) is 101 cm³/mol. The van der Waals surface area contributed by atoms with Gasteiger partial charge in [-0.25, -0.2) is 0 Å². The fraction of sp³-hybridized carbons (Fsp3) is 0.381. The Kier molecular flexibility index (Phi) is 5.39. The van der Waals surface area contributed by atoms with Crippen LogP contribution in [0.25, 0.3) is 0 Å². The second kappa shape index (κ2) is 7.70. The van der Waals surface area contributed by atoms with Gasteiger partial charge in [-0.1, -0.05) is 36.4 Å². The van der Waals surface area contributed by atoms with Crippen molar-refractivity contribution in [1.82, 2.24) is 4.90 Å². The summed E-state index contributed by atoms with van der Waals surface area (Å²) >= 11 is 0. The van der Waals surface area contributed by atoms with Crippen molar-refractivity contribution in [3.8, 4) is 0 Å². The van der Waals surface area contributed by atoms with Crippen LogP contribution in [-0.2, 0) is 11.3 Å². The highest BCUT2D eigenvalue weighted by Crippen LogP contribution is 2.21. The Balaban J connectivity index is 1.77. The summed E-state index contributed by atoms with van der Waals surface area (Å²) in [7, 11) is 2.05. The molecule has 0 bridgehead atoms. The van der Waals surface area contributed by atoms with Crippen molar-refractivity contribution in [3.63, 3.8) is 0 Å². The standard InChI is InChI=1S/C21H26N2O2/c1-16-14-25-15-17(2)23(16)21(24)19-10-7-11-20(12-19)22(3)13-18-8-5-4-6-9-18/h4-12,16-17H,13-15H2,1-3H3. The quantitative estimate of drug-likeness (QED) is 0.854. The summed E-state index contributed by atoms with van der Waals surface area (Å²) in [6.45, 7) is 6.09. The number of hydrogen-bond donors (Lipinski definition) is 0. The van der Waals surface area contributed by atoms with Crippen LogP contribution in [0.2, 0.25) is 0 Å². The van der Waals surface area contributed by atoms with Gasteiger partial charge in [0, 0.05) is 24.8 Å². The SMILES string of the molecule is CC1COCC(C)N1C(=O)c1cccc(N(C)Cc2ccccc2)c1. The van der Waals surface area contributed by atoms with Crippen LogP contribution in [0.5, 0.6) is 0 Å². The lowest BCUT2D eigenvalue weighted by Crippen LogP contribution is -2.52. The van der Waals surface area contributed by atoms with Crippen molar-refractivity contribution in [2.24, 2.45) is 0 Å². The van der Waals surface area contributed by atoms with Crippen molar-refractivity contribution in [3.05, 3.63) is 65.7 Å². The van der Waals surface area contributed by atoms with Gasteiger partial charge in [0.2, 0.25) is 0 Å². The molecule has 0 spiro atoms. The van der Waals surface area contributed by atoms with E-state index in [0.29, 0.717) is 13.2 Å². The van der Waals surface area contributed by atoms with Gasteiger partial charge in [-0.05, 0) is 37.6 Å². The molecular weight excluding hydrogens is 312 g/mol.